The summed E-state index contributed by atoms with van der Waals surface area (Å²) in [7, 11) is 0. The molecule has 1 aromatic heterocycles. The Balaban J connectivity index is 1.90. The monoisotopic (exact) mass is 288 g/mol. The summed E-state index contributed by atoms with van der Waals surface area (Å²) in [6.07, 6.45) is 1.69. The number of rotatable bonds is 4. The van der Waals surface area contributed by atoms with Crippen molar-refractivity contribution < 1.29 is 19.0 Å². The van der Waals surface area contributed by atoms with Crippen molar-refractivity contribution in [3.8, 4) is 11.5 Å². The lowest BCUT2D eigenvalue weighted by Gasteiger charge is -2.19. The van der Waals surface area contributed by atoms with E-state index in [0.29, 0.717) is 31.4 Å². The third kappa shape index (κ3) is 2.84. The van der Waals surface area contributed by atoms with Crippen molar-refractivity contribution in [2.24, 2.45) is 0 Å². The second-order valence-corrected chi connectivity index (χ2v) is 4.54. The Morgan fingerprint density at radius 2 is 2.10 bits per heavy atom. The molecule has 0 amide bonds. The summed E-state index contributed by atoms with van der Waals surface area (Å²) < 4.78 is 16.0. The minimum absolute atomic E-state index is 0.0778. The van der Waals surface area contributed by atoms with E-state index in [1.807, 2.05) is 18.2 Å². The first-order chi connectivity index (χ1) is 10.3. The number of esters is 1. The van der Waals surface area contributed by atoms with Gasteiger partial charge in [0.2, 0.25) is 0 Å². The van der Waals surface area contributed by atoms with Crippen LogP contribution in [0.4, 0.5) is 5.82 Å². The zero-order valence-electron chi connectivity index (χ0n) is 11.7. The normalized spacial score (nSPS) is 13.0. The quantitative estimate of drug-likeness (QED) is 0.868. The fourth-order valence-electron chi connectivity index (χ4n) is 2.22. The molecule has 0 spiro atoms. The topological polar surface area (TPSA) is 69.7 Å². The lowest BCUT2D eigenvalue weighted by Crippen LogP contribution is -2.17. The molecule has 1 N–H and O–H groups in total. The van der Waals surface area contributed by atoms with E-state index in [4.69, 9.17) is 14.2 Å². The Hall–Kier alpha value is -2.50. The van der Waals surface area contributed by atoms with E-state index in [1.54, 1.807) is 13.1 Å². The van der Waals surface area contributed by atoms with Crippen LogP contribution < -0.4 is 14.8 Å². The Morgan fingerprint density at radius 1 is 1.33 bits per heavy atom. The van der Waals surface area contributed by atoms with Crippen LogP contribution in [-0.2, 0) is 9.53 Å². The minimum Gasteiger partial charge on any atom is -0.486 e. The summed E-state index contributed by atoms with van der Waals surface area (Å²) in [5, 5.41) is 4.85. The van der Waals surface area contributed by atoms with E-state index in [-0.39, 0.29) is 12.5 Å². The van der Waals surface area contributed by atoms with Crippen molar-refractivity contribution in [1.82, 2.24) is 4.98 Å². The number of hydrogen-bond acceptors (Lipinski definition) is 6. The lowest BCUT2D eigenvalue weighted by atomic mass is 10.1. The van der Waals surface area contributed by atoms with E-state index in [9.17, 15) is 4.79 Å². The maximum Gasteiger partial charge on any atom is 0.325 e. The van der Waals surface area contributed by atoms with Gasteiger partial charge < -0.3 is 19.5 Å². The van der Waals surface area contributed by atoms with Crippen molar-refractivity contribution >= 4 is 22.6 Å². The van der Waals surface area contributed by atoms with Crippen LogP contribution in [0.1, 0.15) is 6.92 Å². The number of fused-ring (bicyclic) bond motifs is 2. The van der Waals surface area contributed by atoms with Gasteiger partial charge in [-0.2, -0.15) is 0 Å². The number of nitrogens with zero attached hydrogens (tertiary/aromatic N) is 1. The Kier molecular flexibility index (Phi) is 3.77. The van der Waals surface area contributed by atoms with E-state index >= 15 is 0 Å². The Bertz CT molecular complexity index is 672. The van der Waals surface area contributed by atoms with Crippen LogP contribution in [-0.4, -0.2) is 37.3 Å². The van der Waals surface area contributed by atoms with Gasteiger partial charge in [0.25, 0.3) is 0 Å². The van der Waals surface area contributed by atoms with Crippen LogP contribution in [0.25, 0.3) is 10.8 Å². The first-order valence-corrected chi connectivity index (χ1v) is 6.86. The molecule has 0 aliphatic carbocycles. The number of aromatic nitrogens is 1. The van der Waals surface area contributed by atoms with Crippen molar-refractivity contribution in [1.29, 1.82) is 0 Å². The van der Waals surface area contributed by atoms with Crippen molar-refractivity contribution in [3.05, 3.63) is 24.4 Å². The third-order valence-electron chi connectivity index (χ3n) is 3.13. The summed E-state index contributed by atoms with van der Waals surface area (Å²) in [5.41, 5.74) is 0. The molecule has 6 heteroatoms. The first-order valence-electron chi connectivity index (χ1n) is 6.86. The van der Waals surface area contributed by atoms with Crippen molar-refractivity contribution in [2.75, 3.05) is 31.7 Å². The standard InChI is InChI=1S/C15H16N2O4/c1-2-19-14(18)9-17-15-11-8-13-12(20-5-6-21-13)7-10(11)3-4-16-15/h3-4,7-8H,2,5-6,9H2,1H3,(H,16,17). The van der Waals surface area contributed by atoms with Gasteiger partial charge >= 0.3 is 5.97 Å². The first kappa shape index (κ1) is 13.5. The summed E-state index contributed by atoms with van der Waals surface area (Å²) in [6, 6.07) is 5.69. The van der Waals surface area contributed by atoms with Gasteiger partial charge in [-0.15, -0.1) is 0 Å². The molecule has 0 radical (unpaired) electrons. The van der Waals surface area contributed by atoms with Crippen LogP contribution in [0.2, 0.25) is 0 Å². The number of pyridine rings is 1. The second kappa shape index (κ2) is 5.87. The number of nitrogens with one attached hydrogen (secondary N) is 1. The molecule has 21 heavy (non-hydrogen) atoms. The fraction of sp³-hybridized carbons (Fsp3) is 0.333. The molecule has 1 aliphatic rings. The molecule has 1 aliphatic heterocycles. The molecule has 0 bridgehead atoms. The van der Waals surface area contributed by atoms with E-state index in [1.165, 1.54) is 0 Å². The number of carbonyl (C=O) groups excluding carboxylic acids is 1. The SMILES string of the molecule is CCOC(=O)CNc1nccc2cc3c(cc12)OCCO3. The van der Waals surface area contributed by atoms with Gasteiger partial charge in [-0.25, -0.2) is 4.98 Å². The van der Waals surface area contributed by atoms with Gasteiger partial charge in [-0.3, -0.25) is 4.79 Å². The molecule has 0 atom stereocenters. The Morgan fingerprint density at radius 3 is 2.86 bits per heavy atom. The zero-order chi connectivity index (χ0) is 14.7. The summed E-state index contributed by atoms with van der Waals surface area (Å²) >= 11 is 0. The number of hydrogen-bond donors (Lipinski definition) is 1. The lowest BCUT2D eigenvalue weighted by molar-refractivity contribution is -0.140. The zero-order valence-corrected chi connectivity index (χ0v) is 11.7. The predicted molar refractivity (Wildman–Crippen MR) is 77.9 cm³/mol. The van der Waals surface area contributed by atoms with Gasteiger partial charge in [-0.1, -0.05) is 0 Å². The Labute approximate surface area is 122 Å². The minimum atomic E-state index is -0.311. The van der Waals surface area contributed by atoms with Crippen LogP contribution >= 0.6 is 0 Å². The molecular weight excluding hydrogens is 272 g/mol. The molecular formula is C15H16N2O4. The molecule has 3 rings (SSSR count). The van der Waals surface area contributed by atoms with Crippen LogP contribution in [0.3, 0.4) is 0 Å². The smallest absolute Gasteiger partial charge is 0.325 e. The van der Waals surface area contributed by atoms with E-state index in [2.05, 4.69) is 10.3 Å². The highest BCUT2D eigenvalue weighted by molar-refractivity contribution is 5.95. The van der Waals surface area contributed by atoms with Crippen LogP contribution in [0.5, 0.6) is 11.5 Å². The molecule has 0 saturated carbocycles. The van der Waals surface area contributed by atoms with Crippen LogP contribution in [0, 0.1) is 0 Å². The van der Waals surface area contributed by atoms with Crippen LogP contribution in [0.15, 0.2) is 24.4 Å². The van der Waals surface area contributed by atoms with Gasteiger partial charge in [0.05, 0.1) is 6.61 Å². The van der Waals surface area contributed by atoms with E-state index in [0.717, 1.165) is 16.5 Å². The molecule has 6 nitrogen and oxygen atoms in total. The second-order valence-electron chi connectivity index (χ2n) is 4.54. The van der Waals surface area contributed by atoms with Gasteiger partial charge in [0.1, 0.15) is 25.6 Å². The highest BCUT2D eigenvalue weighted by Crippen LogP contribution is 2.36. The fourth-order valence-corrected chi connectivity index (χ4v) is 2.22. The van der Waals surface area contributed by atoms with Crippen molar-refractivity contribution in [3.63, 3.8) is 0 Å². The molecule has 1 aromatic carbocycles. The molecule has 0 saturated heterocycles. The van der Waals surface area contributed by atoms with Gasteiger partial charge in [-0.05, 0) is 30.5 Å². The summed E-state index contributed by atoms with van der Waals surface area (Å²) in [4.78, 5) is 15.7. The number of benzene rings is 1. The van der Waals surface area contributed by atoms with Gasteiger partial charge in [0, 0.05) is 11.6 Å². The number of carbonyl (C=O) groups is 1. The predicted octanol–water partition coefficient (Wildman–Crippen LogP) is 1.98. The summed E-state index contributed by atoms with van der Waals surface area (Å²) in [6.45, 7) is 3.30. The van der Waals surface area contributed by atoms with Crippen molar-refractivity contribution in [2.45, 2.75) is 6.92 Å². The third-order valence-corrected chi connectivity index (χ3v) is 3.13. The molecule has 2 aromatic rings. The molecule has 2 heterocycles. The maximum atomic E-state index is 11.4. The van der Waals surface area contributed by atoms with E-state index < -0.39 is 0 Å². The molecule has 110 valence electrons. The maximum absolute atomic E-state index is 11.4. The highest BCUT2D eigenvalue weighted by atomic mass is 16.6. The van der Waals surface area contributed by atoms with Gasteiger partial charge in [0.15, 0.2) is 11.5 Å². The molecule has 0 fully saturated rings. The largest absolute Gasteiger partial charge is 0.486 e. The molecule has 0 unspecified atom stereocenters. The highest BCUT2D eigenvalue weighted by Gasteiger charge is 2.14. The average Bonchev–Trinajstić information content (AvgIpc) is 2.51. The number of anilines is 1. The average molecular weight is 288 g/mol. The number of ether oxygens (including phenoxy) is 3. The summed E-state index contributed by atoms with van der Waals surface area (Å²) in [5.74, 6) is 1.74.